The van der Waals surface area contributed by atoms with E-state index in [1.165, 1.54) is 44.5 Å². The van der Waals surface area contributed by atoms with E-state index in [2.05, 4.69) is 37.4 Å². The smallest absolute Gasteiger partial charge is 0.0120 e. The van der Waals surface area contributed by atoms with Crippen LogP contribution < -0.4 is 5.32 Å². The lowest BCUT2D eigenvalue weighted by Crippen LogP contribution is -2.51. The van der Waals surface area contributed by atoms with Gasteiger partial charge >= 0.3 is 0 Å². The second-order valence-corrected chi connectivity index (χ2v) is 6.60. The largest absolute Gasteiger partial charge is 0.314 e. The summed E-state index contributed by atoms with van der Waals surface area (Å²) >= 11 is 1.96. The van der Waals surface area contributed by atoms with Gasteiger partial charge in [-0.15, -0.1) is 0 Å². The molecule has 0 aromatic heterocycles. The Hall–Kier alpha value is 0.270. The maximum atomic E-state index is 3.77. The summed E-state index contributed by atoms with van der Waals surface area (Å²) in [6, 6.07) is 1.47. The third-order valence-electron chi connectivity index (χ3n) is 4.04. The minimum absolute atomic E-state index is 0.736. The van der Waals surface area contributed by atoms with Gasteiger partial charge < -0.3 is 10.2 Å². The van der Waals surface area contributed by atoms with Gasteiger partial charge in [0.05, 0.1) is 0 Å². The Morgan fingerprint density at radius 1 is 1.24 bits per heavy atom. The Balaban J connectivity index is 2.10. The second-order valence-electron chi connectivity index (χ2n) is 5.62. The van der Waals surface area contributed by atoms with E-state index in [-0.39, 0.29) is 0 Å². The molecule has 3 unspecified atom stereocenters. The van der Waals surface area contributed by atoms with Crippen molar-refractivity contribution in [3.8, 4) is 0 Å². The van der Waals surface area contributed by atoms with Gasteiger partial charge in [-0.25, -0.2) is 0 Å². The first-order valence-corrected chi connectivity index (χ1v) is 8.47. The first-order chi connectivity index (χ1) is 8.15. The molecule has 1 aliphatic rings. The average molecular weight is 258 g/mol. The van der Waals surface area contributed by atoms with Gasteiger partial charge in [-0.1, -0.05) is 13.3 Å². The molecule has 0 aromatic rings. The normalized spacial score (nSPS) is 30.7. The molecule has 102 valence electrons. The molecule has 0 bridgehead atoms. The van der Waals surface area contributed by atoms with Crippen LogP contribution in [0.2, 0.25) is 0 Å². The van der Waals surface area contributed by atoms with E-state index in [1.807, 2.05) is 11.8 Å². The fraction of sp³-hybridized carbons (Fsp3) is 1.00. The van der Waals surface area contributed by atoms with Crippen LogP contribution in [-0.4, -0.2) is 49.1 Å². The molecule has 3 heteroatoms. The zero-order valence-electron chi connectivity index (χ0n) is 12.0. The molecule has 0 radical (unpaired) electrons. The standard InChI is InChI=1S/C14H30N2S/c1-12-11-16(3)13(2)10-14(12)15-8-6-5-7-9-17-4/h12-15H,5-11H2,1-4H3. The Kier molecular flexibility index (Phi) is 7.56. The van der Waals surface area contributed by atoms with Crippen molar-refractivity contribution in [1.82, 2.24) is 10.2 Å². The SMILES string of the molecule is CSCCCCCNC1CC(C)N(C)CC1C. The minimum atomic E-state index is 0.736. The lowest BCUT2D eigenvalue weighted by Gasteiger charge is -2.40. The molecule has 1 rings (SSSR count). The van der Waals surface area contributed by atoms with E-state index in [4.69, 9.17) is 0 Å². The van der Waals surface area contributed by atoms with Crippen LogP contribution in [0.4, 0.5) is 0 Å². The summed E-state index contributed by atoms with van der Waals surface area (Å²) in [7, 11) is 2.25. The van der Waals surface area contributed by atoms with Crippen molar-refractivity contribution in [2.75, 3.05) is 32.1 Å². The monoisotopic (exact) mass is 258 g/mol. The molecule has 0 aromatic carbocycles. The molecule has 3 atom stereocenters. The molecule has 2 nitrogen and oxygen atoms in total. The highest BCUT2D eigenvalue weighted by molar-refractivity contribution is 7.98. The van der Waals surface area contributed by atoms with E-state index in [0.717, 1.165) is 18.0 Å². The van der Waals surface area contributed by atoms with Crippen molar-refractivity contribution in [2.24, 2.45) is 5.92 Å². The van der Waals surface area contributed by atoms with Gasteiger partial charge in [-0.05, 0) is 57.7 Å². The fourth-order valence-electron chi connectivity index (χ4n) is 2.66. The number of piperidine rings is 1. The number of unbranched alkanes of at least 4 members (excludes halogenated alkanes) is 2. The summed E-state index contributed by atoms with van der Waals surface area (Å²) in [6.45, 7) is 7.18. The predicted molar refractivity (Wildman–Crippen MR) is 79.9 cm³/mol. The van der Waals surface area contributed by atoms with E-state index in [9.17, 15) is 0 Å². The first kappa shape index (κ1) is 15.3. The second kappa shape index (κ2) is 8.39. The Morgan fingerprint density at radius 2 is 2.00 bits per heavy atom. The molecule has 0 spiro atoms. The number of thioether (sulfide) groups is 1. The van der Waals surface area contributed by atoms with Crippen molar-refractivity contribution in [3.63, 3.8) is 0 Å². The fourth-order valence-corrected chi connectivity index (χ4v) is 3.15. The number of nitrogens with zero attached hydrogens (tertiary/aromatic N) is 1. The highest BCUT2D eigenvalue weighted by atomic mass is 32.2. The summed E-state index contributed by atoms with van der Waals surface area (Å²) in [4.78, 5) is 2.49. The summed E-state index contributed by atoms with van der Waals surface area (Å²) < 4.78 is 0. The maximum absolute atomic E-state index is 3.77. The van der Waals surface area contributed by atoms with Gasteiger partial charge in [-0.3, -0.25) is 0 Å². The molecular formula is C14H30N2S. The Morgan fingerprint density at radius 3 is 2.71 bits per heavy atom. The highest BCUT2D eigenvalue weighted by Crippen LogP contribution is 2.20. The molecule has 1 heterocycles. The van der Waals surface area contributed by atoms with Crippen molar-refractivity contribution >= 4 is 11.8 Å². The van der Waals surface area contributed by atoms with Crippen molar-refractivity contribution in [3.05, 3.63) is 0 Å². The molecule has 1 N–H and O–H groups in total. The number of hydrogen-bond donors (Lipinski definition) is 1. The Labute approximate surface area is 112 Å². The van der Waals surface area contributed by atoms with Gasteiger partial charge in [0.2, 0.25) is 0 Å². The third-order valence-corrected chi connectivity index (χ3v) is 4.74. The zero-order chi connectivity index (χ0) is 12.7. The topological polar surface area (TPSA) is 15.3 Å². The van der Waals surface area contributed by atoms with Crippen LogP contribution in [0.25, 0.3) is 0 Å². The highest BCUT2D eigenvalue weighted by Gasteiger charge is 2.27. The molecule has 0 amide bonds. The summed E-state index contributed by atoms with van der Waals surface area (Å²) in [5, 5.41) is 3.77. The van der Waals surface area contributed by atoms with E-state index < -0.39 is 0 Å². The van der Waals surface area contributed by atoms with Crippen LogP contribution in [0, 0.1) is 5.92 Å². The molecule has 1 aliphatic heterocycles. The van der Waals surface area contributed by atoms with Crippen molar-refractivity contribution in [1.29, 1.82) is 0 Å². The van der Waals surface area contributed by atoms with Crippen LogP contribution in [0.1, 0.15) is 39.5 Å². The van der Waals surface area contributed by atoms with Gasteiger partial charge in [0.25, 0.3) is 0 Å². The number of likely N-dealkylation sites (tertiary alicyclic amines) is 1. The molecular weight excluding hydrogens is 228 g/mol. The lowest BCUT2D eigenvalue weighted by molar-refractivity contribution is 0.122. The predicted octanol–water partition coefficient (Wildman–Crippen LogP) is 2.84. The molecule has 0 aliphatic carbocycles. The maximum Gasteiger partial charge on any atom is 0.0120 e. The van der Waals surface area contributed by atoms with Crippen LogP contribution in [-0.2, 0) is 0 Å². The summed E-state index contributed by atoms with van der Waals surface area (Å²) in [5.74, 6) is 2.11. The lowest BCUT2D eigenvalue weighted by atomic mass is 9.90. The van der Waals surface area contributed by atoms with Crippen LogP contribution in [0.5, 0.6) is 0 Å². The summed E-state index contributed by atoms with van der Waals surface area (Å²) in [5.41, 5.74) is 0. The van der Waals surface area contributed by atoms with Crippen LogP contribution >= 0.6 is 11.8 Å². The number of nitrogens with one attached hydrogen (secondary N) is 1. The van der Waals surface area contributed by atoms with Crippen LogP contribution in [0.15, 0.2) is 0 Å². The zero-order valence-corrected chi connectivity index (χ0v) is 12.9. The molecule has 0 saturated carbocycles. The van der Waals surface area contributed by atoms with Gasteiger partial charge in [0.15, 0.2) is 0 Å². The van der Waals surface area contributed by atoms with E-state index in [0.29, 0.717) is 0 Å². The molecule has 17 heavy (non-hydrogen) atoms. The average Bonchev–Trinajstić information content (AvgIpc) is 2.30. The first-order valence-electron chi connectivity index (χ1n) is 7.07. The van der Waals surface area contributed by atoms with Gasteiger partial charge in [0.1, 0.15) is 0 Å². The van der Waals surface area contributed by atoms with Crippen molar-refractivity contribution in [2.45, 2.75) is 51.6 Å². The number of rotatable bonds is 7. The minimum Gasteiger partial charge on any atom is -0.314 e. The number of hydrogen-bond acceptors (Lipinski definition) is 3. The van der Waals surface area contributed by atoms with E-state index >= 15 is 0 Å². The van der Waals surface area contributed by atoms with Gasteiger partial charge in [-0.2, -0.15) is 11.8 Å². The van der Waals surface area contributed by atoms with Crippen LogP contribution in [0.3, 0.4) is 0 Å². The van der Waals surface area contributed by atoms with E-state index in [1.54, 1.807) is 0 Å². The Bertz CT molecular complexity index is 199. The van der Waals surface area contributed by atoms with Crippen molar-refractivity contribution < 1.29 is 0 Å². The van der Waals surface area contributed by atoms with Gasteiger partial charge in [0, 0.05) is 18.6 Å². The third kappa shape index (κ3) is 5.62. The molecule has 1 fully saturated rings. The molecule has 1 saturated heterocycles. The summed E-state index contributed by atoms with van der Waals surface area (Å²) in [6.07, 6.45) is 7.60. The quantitative estimate of drug-likeness (QED) is 0.707.